The van der Waals surface area contributed by atoms with Crippen molar-refractivity contribution in [3.05, 3.63) is 17.8 Å². The van der Waals surface area contributed by atoms with Crippen LogP contribution in [0.1, 0.15) is 16.8 Å². The summed E-state index contributed by atoms with van der Waals surface area (Å²) in [5.41, 5.74) is 0.146. The highest BCUT2D eigenvalue weighted by atomic mass is 16.5. The fourth-order valence-electron chi connectivity index (χ4n) is 1.70. The molecule has 0 saturated carbocycles. The van der Waals surface area contributed by atoms with Gasteiger partial charge in [-0.2, -0.15) is 0 Å². The summed E-state index contributed by atoms with van der Waals surface area (Å²) in [5, 5.41) is 11.1. The predicted octanol–water partition coefficient (Wildman–Crippen LogP) is 0.235. The van der Waals surface area contributed by atoms with Gasteiger partial charge in [-0.3, -0.25) is 15.0 Å². The molecule has 0 unspecified atom stereocenters. The van der Waals surface area contributed by atoms with Crippen LogP contribution in [0.3, 0.4) is 0 Å². The van der Waals surface area contributed by atoms with E-state index < -0.39 is 12.0 Å². The minimum atomic E-state index is -1.16. The van der Waals surface area contributed by atoms with Crippen molar-refractivity contribution < 1.29 is 24.2 Å². The standard InChI is InChI=1S/C11H11N3O5/c1-19-9-7(4-6(5-12-9)10(16)17)14-3-2-8(15)13-11(14)18/h4-5H,2-3H2,1H3,(H,16,17)(H,13,15,18). The Labute approximate surface area is 108 Å². The van der Waals surface area contributed by atoms with Crippen molar-refractivity contribution in [3.8, 4) is 5.88 Å². The second kappa shape index (κ2) is 4.92. The lowest BCUT2D eigenvalue weighted by Gasteiger charge is -2.27. The summed E-state index contributed by atoms with van der Waals surface area (Å²) in [6.45, 7) is 0.145. The number of methoxy groups -OCH3 is 1. The number of pyridine rings is 1. The number of amides is 3. The van der Waals surface area contributed by atoms with Crippen LogP contribution in [-0.4, -0.2) is 41.7 Å². The van der Waals surface area contributed by atoms with Crippen LogP contribution in [0.2, 0.25) is 0 Å². The quantitative estimate of drug-likeness (QED) is 0.810. The molecular formula is C11H11N3O5. The molecule has 2 rings (SSSR count). The van der Waals surface area contributed by atoms with Crippen molar-refractivity contribution in [1.82, 2.24) is 10.3 Å². The highest BCUT2D eigenvalue weighted by Crippen LogP contribution is 2.28. The summed E-state index contributed by atoms with van der Waals surface area (Å²) < 4.78 is 5.00. The molecule has 8 nitrogen and oxygen atoms in total. The van der Waals surface area contributed by atoms with E-state index in [0.717, 1.165) is 6.20 Å². The largest absolute Gasteiger partial charge is 0.480 e. The normalized spacial score (nSPS) is 15.1. The molecule has 3 amide bonds. The van der Waals surface area contributed by atoms with Crippen LogP contribution in [0.4, 0.5) is 10.5 Å². The zero-order chi connectivity index (χ0) is 14.0. The van der Waals surface area contributed by atoms with Gasteiger partial charge in [0.15, 0.2) is 0 Å². The first-order chi connectivity index (χ1) is 9.02. The van der Waals surface area contributed by atoms with Crippen LogP contribution in [0.15, 0.2) is 12.3 Å². The molecular weight excluding hydrogens is 254 g/mol. The fourth-order valence-corrected chi connectivity index (χ4v) is 1.70. The SMILES string of the molecule is COc1ncc(C(=O)O)cc1N1CCC(=O)NC1=O. The van der Waals surface area contributed by atoms with Gasteiger partial charge in [-0.1, -0.05) is 0 Å². The molecule has 0 bridgehead atoms. The Bertz CT molecular complexity index is 557. The number of urea groups is 1. The van der Waals surface area contributed by atoms with E-state index in [0.29, 0.717) is 0 Å². The molecule has 0 aliphatic carbocycles. The average molecular weight is 265 g/mol. The van der Waals surface area contributed by atoms with Crippen molar-refractivity contribution in [2.75, 3.05) is 18.6 Å². The van der Waals surface area contributed by atoms with Gasteiger partial charge in [0.05, 0.1) is 12.7 Å². The topological polar surface area (TPSA) is 109 Å². The third-order valence-electron chi connectivity index (χ3n) is 2.62. The number of carbonyl (C=O) groups excluding carboxylic acids is 2. The maximum absolute atomic E-state index is 11.7. The van der Waals surface area contributed by atoms with Crippen molar-refractivity contribution in [2.24, 2.45) is 0 Å². The number of ether oxygens (including phenoxy) is 1. The average Bonchev–Trinajstić information content (AvgIpc) is 2.38. The number of anilines is 1. The summed E-state index contributed by atoms with van der Waals surface area (Å²) in [6.07, 6.45) is 1.27. The third-order valence-corrected chi connectivity index (χ3v) is 2.62. The first kappa shape index (κ1) is 12.8. The number of rotatable bonds is 3. The number of nitrogens with zero attached hydrogens (tertiary/aromatic N) is 2. The number of imide groups is 1. The smallest absolute Gasteiger partial charge is 0.337 e. The first-order valence-electron chi connectivity index (χ1n) is 5.41. The fraction of sp³-hybridized carbons (Fsp3) is 0.273. The predicted molar refractivity (Wildman–Crippen MR) is 63.3 cm³/mol. The van der Waals surface area contributed by atoms with Crippen LogP contribution in [0, 0.1) is 0 Å². The monoisotopic (exact) mass is 265 g/mol. The van der Waals surface area contributed by atoms with E-state index in [4.69, 9.17) is 9.84 Å². The van der Waals surface area contributed by atoms with Gasteiger partial charge < -0.3 is 9.84 Å². The summed E-state index contributed by atoms with van der Waals surface area (Å²) in [7, 11) is 1.36. The molecule has 0 atom stereocenters. The molecule has 0 aromatic carbocycles. The molecule has 1 aromatic rings. The second-order valence-corrected chi connectivity index (χ2v) is 3.81. The van der Waals surface area contributed by atoms with Gasteiger partial charge in [-0.15, -0.1) is 0 Å². The van der Waals surface area contributed by atoms with Crippen molar-refractivity contribution in [2.45, 2.75) is 6.42 Å². The number of hydrogen-bond acceptors (Lipinski definition) is 5. The summed E-state index contributed by atoms with van der Waals surface area (Å²) in [5.74, 6) is -1.41. The summed E-state index contributed by atoms with van der Waals surface area (Å²) >= 11 is 0. The van der Waals surface area contributed by atoms with Gasteiger partial charge in [0.1, 0.15) is 5.69 Å². The number of carboxylic acid groups (broad SMARTS) is 1. The molecule has 100 valence electrons. The highest BCUT2D eigenvalue weighted by molar-refractivity contribution is 6.06. The highest BCUT2D eigenvalue weighted by Gasteiger charge is 2.27. The molecule has 1 saturated heterocycles. The number of aromatic nitrogens is 1. The Kier molecular flexibility index (Phi) is 3.32. The molecule has 0 radical (unpaired) electrons. The minimum Gasteiger partial charge on any atom is -0.480 e. The molecule has 1 aromatic heterocycles. The van der Waals surface area contributed by atoms with E-state index in [1.54, 1.807) is 0 Å². The van der Waals surface area contributed by atoms with Crippen molar-refractivity contribution >= 4 is 23.6 Å². The van der Waals surface area contributed by atoms with Crippen LogP contribution in [0.25, 0.3) is 0 Å². The molecule has 8 heteroatoms. The Morgan fingerprint density at radius 3 is 2.84 bits per heavy atom. The van der Waals surface area contributed by atoms with E-state index in [1.165, 1.54) is 18.1 Å². The van der Waals surface area contributed by atoms with Crippen molar-refractivity contribution in [3.63, 3.8) is 0 Å². The second-order valence-electron chi connectivity index (χ2n) is 3.81. The summed E-state index contributed by atoms with van der Waals surface area (Å²) in [6, 6.07) is 0.655. The van der Waals surface area contributed by atoms with Gasteiger partial charge in [-0.05, 0) is 6.07 Å². The van der Waals surface area contributed by atoms with E-state index in [1.807, 2.05) is 0 Å². The molecule has 2 heterocycles. The molecule has 1 aliphatic rings. The number of carboxylic acids is 1. The number of aromatic carboxylic acids is 1. The molecule has 19 heavy (non-hydrogen) atoms. The zero-order valence-corrected chi connectivity index (χ0v) is 10.0. The van der Waals surface area contributed by atoms with E-state index in [-0.39, 0.29) is 36.0 Å². The minimum absolute atomic E-state index is 0.0690. The van der Waals surface area contributed by atoms with Gasteiger partial charge in [0.25, 0.3) is 0 Å². The van der Waals surface area contributed by atoms with Crippen LogP contribution < -0.4 is 15.0 Å². The van der Waals surface area contributed by atoms with Crippen LogP contribution in [-0.2, 0) is 4.79 Å². The summed E-state index contributed by atoms with van der Waals surface area (Å²) in [4.78, 5) is 38.8. The molecule has 2 N–H and O–H groups in total. The van der Waals surface area contributed by atoms with Crippen LogP contribution >= 0.6 is 0 Å². The maximum atomic E-state index is 11.7. The number of hydrogen-bond donors (Lipinski definition) is 2. The molecule has 0 spiro atoms. The third kappa shape index (κ3) is 2.46. The molecule has 1 aliphatic heterocycles. The lowest BCUT2D eigenvalue weighted by molar-refractivity contribution is -0.120. The lowest BCUT2D eigenvalue weighted by Crippen LogP contribution is -2.49. The van der Waals surface area contributed by atoms with E-state index in [2.05, 4.69) is 10.3 Å². The van der Waals surface area contributed by atoms with Gasteiger partial charge >= 0.3 is 12.0 Å². The first-order valence-corrected chi connectivity index (χ1v) is 5.41. The van der Waals surface area contributed by atoms with Crippen molar-refractivity contribution in [1.29, 1.82) is 0 Å². The van der Waals surface area contributed by atoms with Gasteiger partial charge in [0.2, 0.25) is 11.8 Å². The molecule has 1 fully saturated rings. The Morgan fingerprint density at radius 1 is 1.53 bits per heavy atom. The van der Waals surface area contributed by atoms with E-state index >= 15 is 0 Å². The Balaban J connectivity index is 2.41. The number of carbonyl (C=O) groups is 3. The van der Waals surface area contributed by atoms with Gasteiger partial charge in [-0.25, -0.2) is 14.6 Å². The Hall–Kier alpha value is -2.64. The van der Waals surface area contributed by atoms with Crippen LogP contribution in [0.5, 0.6) is 5.88 Å². The number of nitrogens with one attached hydrogen (secondary N) is 1. The zero-order valence-electron chi connectivity index (χ0n) is 10.0. The van der Waals surface area contributed by atoms with E-state index in [9.17, 15) is 14.4 Å². The Morgan fingerprint density at radius 2 is 2.26 bits per heavy atom. The maximum Gasteiger partial charge on any atom is 0.337 e. The van der Waals surface area contributed by atoms with Gasteiger partial charge in [0, 0.05) is 19.2 Å². The lowest BCUT2D eigenvalue weighted by atomic mass is 10.2.